The molecule has 66 valence electrons. The number of carboxylic acids is 1. The maximum absolute atomic E-state index is 10.6. The third-order valence-electron chi connectivity index (χ3n) is 1.01. The minimum Gasteiger partial charge on any atom is -0.481 e. The zero-order valence-corrected chi connectivity index (χ0v) is 6.89. The smallest absolute Gasteiger partial charge is 0.310 e. The summed E-state index contributed by atoms with van der Waals surface area (Å²) in [6.45, 7) is 0.436. The molecule has 0 atom stereocenters. The molecule has 0 heterocycles. The fourth-order valence-corrected chi connectivity index (χ4v) is 0.556. The number of rotatable bonds is 5. The van der Waals surface area contributed by atoms with Crippen LogP contribution >= 0.6 is 12.4 Å². The molecule has 0 radical (unpaired) electrons. The van der Waals surface area contributed by atoms with Crippen LogP contribution in [0.5, 0.6) is 0 Å². The van der Waals surface area contributed by atoms with Crippen molar-refractivity contribution in [2.75, 3.05) is 6.54 Å². The highest BCUT2D eigenvalue weighted by Crippen LogP contribution is 1.92. The summed E-state index contributed by atoms with van der Waals surface area (Å²) >= 11 is 0. The number of carbonyl (C=O) groups is 2. The third kappa shape index (κ3) is 9.39. The van der Waals surface area contributed by atoms with Gasteiger partial charge in [-0.25, -0.2) is 0 Å². The van der Waals surface area contributed by atoms with Crippen molar-refractivity contribution >= 4 is 24.2 Å². The fraction of sp³-hybridized carbons (Fsp3) is 0.667. The summed E-state index contributed by atoms with van der Waals surface area (Å²) in [5.41, 5.74) is 5.11. The second-order valence-corrected chi connectivity index (χ2v) is 2.00. The number of ketones is 1. The van der Waals surface area contributed by atoms with Crippen LogP contribution in [-0.4, -0.2) is 23.4 Å². The molecule has 0 saturated heterocycles. The molecule has 0 rings (SSSR count). The van der Waals surface area contributed by atoms with E-state index in [9.17, 15) is 9.59 Å². The molecule has 0 fully saturated rings. The van der Waals surface area contributed by atoms with E-state index in [4.69, 9.17) is 10.8 Å². The lowest BCUT2D eigenvalue weighted by Crippen LogP contribution is -2.08. The first-order chi connectivity index (χ1) is 4.66. The Kier molecular flexibility index (Phi) is 8.87. The lowest BCUT2D eigenvalue weighted by atomic mass is 10.2. The summed E-state index contributed by atoms with van der Waals surface area (Å²) in [6.07, 6.45) is 0.481. The zero-order valence-electron chi connectivity index (χ0n) is 6.08. The van der Waals surface area contributed by atoms with Gasteiger partial charge in [-0.2, -0.15) is 0 Å². The van der Waals surface area contributed by atoms with E-state index in [0.717, 1.165) is 0 Å². The van der Waals surface area contributed by atoms with Gasteiger partial charge in [-0.05, 0) is 13.0 Å². The van der Waals surface area contributed by atoms with Gasteiger partial charge in [0, 0.05) is 6.42 Å². The Morgan fingerprint density at radius 1 is 1.36 bits per heavy atom. The number of aliphatic carboxylic acids is 1. The van der Waals surface area contributed by atoms with Crippen LogP contribution in [0.4, 0.5) is 0 Å². The number of halogens is 1. The van der Waals surface area contributed by atoms with Gasteiger partial charge < -0.3 is 10.8 Å². The summed E-state index contributed by atoms with van der Waals surface area (Å²) in [6, 6.07) is 0. The van der Waals surface area contributed by atoms with Crippen LogP contribution in [0.25, 0.3) is 0 Å². The number of hydrogen-bond donors (Lipinski definition) is 2. The molecule has 0 aromatic heterocycles. The van der Waals surface area contributed by atoms with E-state index in [1.807, 2.05) is 0 Å². The van der Waals surface area contributed by atoms with E-state index in [1.165, 1.54) is 0 Å². The van der Waals surface area contributed by atoms with Crippen molar-refractivity contribution in [1.29, 1.82) is 0 Å². The van der Waals surface area contributed by atoms with Gasteiger partial charge in [0.2, 0.25) is 0 Å². The van der Waals surface area contributed by atoms with Gasteiger partial charge in [0.15, 0.2) is 0 Å². The minimum atomic E-state index is -1.07. The van der Waals surface area contributed by atoms with E-state index >= 15 is 0 Å². The highest BCUT2D eigenvalue weighted by Gasteiger charge is 2.05. The predicted octanol–water partition coefficient (Wildman–Crippen LogP) is 0.191. The first-order valence-electron chi connectivity index (χ1n) is 3.10. The zero-order chi connectivity index (χ0) is 7.98. The van der Waals surface area contributed by atoms with Gasteiger partial charge in [-0.3, -0.25) is 9.59 Å². The maximum Gasteiger partial charge on any atom is 0.310 e. The number of carboxylic acid groups (broad SMARTS) is 1. The molecule has 0 aromatic rings. The molecule has 0 aliphatic carbocycles. The van der Waals surface area contributed by atoms with Crippen molar-refractivity contribution in [3.8, 4) is 0 Å². The molecule has 11 heavy (non-hydrogen) atoms. The van der Waals surface area contributed by atoms with Crippen LogP contribution < -0.4 is 5.73 Å². The predicted molar refractivity (Wildman–Crippen MR) is 42.8 cm³/mol. The standard InChI is InChI=1S/C6H11NO3.ClH/c7-3-1-2-5(8)4-6(9)10;/h1-4,7H2,(H,9,10);1H. The van der Waals surface area contributed by atoms with Crippen molar-refractivity contribution in [3.63, 3.8) is 0 Å². The minimum absolute atomic E-state index is 0. The highest BCUT2D eigenvalue weighted by molar-refractivity contribution is 5.94. The Balaban J connectivity index is 0. The number of Topliss-reactive ketones (excluding diaryl/α,β-unsaturated/α-hetero) is 1. The van der Waals surface area contributed by atoms with Crippen LogP contribution in [0, 0.1) is 0 Å². The molecule has 0 aliphatic rings. The van der Waals surface area contributed by atoms with Crippen LogP contribution in [0.15, 0.2) is 0 Å². The van der Waals surface area contributed by atoms with Gasteiger partial charge in [-0.15, -0.1) is 12.4 Å². The molecule has 0 aliphatic heterocycles. The van der Waals surface area contributed by atoms with Crippen LogP contribution in [0.2, 0.25) is 0 Å². The Morgan fingerprint density at radius 2 is 1.91 bits per heavy atom. The van der Waals surface area contributed by atoms with Crippen LogP contribution in [-0.2, 0) is 9.59 Å². The third-order valence-corrected chi connectivity index (χ3v) is 1.01. The largest absolute Gasteiger partial charge is 0.481 e. The molecule has 0 bridgehead atoms. The average Bonchev–Trinajstić information content (AvgIpc) is 1.82. The molecule has 0 unspecified atom stereocenters. The van der Waals surface area contributed by atoms with Crippen molar-refractivity contribution < 1.29 is 14.7 Å². The Bertz CT molecular complexity index is 138. The second-order valence-electron chi connectivity index (χ2n) is 2.00. The quantitative estimate of drug-likeness (QED) is 0.594. The van der Waals surface area contributed by atoms with Crippen molar-refractivity contribution in [2.45, 2.75) is 19.3 Å². The Labute approximate surface area is 71.2 Å². The fourth-order valence-electron chi connectivity index (χ4n) is 0.556. The van der Waals surface area contributed by atoms with E-state index < -0.39 is 5.97 Å². The Hall–Kier alpha value is -0.610. The maximum atomic E-state index is 10.6. The molecular weight excluding hydrogens is 170 g/mol. The van der Waals surface area contributed by atoms with Crippen molar-refractivity contribution in [2.24, 2.45) is 5.73 Å². The van der Waals surface area contributed by atoms with Gasteiger partial charge in [0.25, 0.3) is 0 Å². The summed E-state index contributed by atoms with van der Waals surface area (Å²) in [4.78, 5) is 20.5. The topological polar surface area (TPSA) is 80.4 Å². The summed E-state index contributed by atoms with van der Waals surface area (Å²) in [5.74, 6) is -1.32. The molecule has 5 heteroatoms. The molecule has 0 saturated carbocycles. The monoisotopic (exact) mass is 181 g/mol. The average molecular weight is 182 g/mol. The molecule has 4 nitrogen and oxygen atoms in total. The summed E-state index contributed by atoms with van der Waals surface area (Å²) in [7, 11) is 0. The lowest BCUT2D eigenvalue weighted by molar-refractivity contribution is -0.140. The highest BCUT2D eigenvalue weighted by atomic mass is 35.5. The molecular formula is C6H12ClNO3. The van der Waals surface area contributed by atoms with E-state index in [1.54, 1.807) is 0 Å². The number of hydrogen-bond acceptors (Lipinski definition) is 3. The van der Waals surface area contributed by atoms with Crippen molar-refractivity contribution in [3.05, 3.63) is 0 Å². The summed E-state index contributed by atoms with van der Waals surface area (Å²) in [5, 5.41) is 8.13. The first kappa shape index (κ1) is 13.0. The molecule has 0 aromatic carbocycles. The SMILES string of the molecule is Cl.NCCCC(=O)CC(=O)O. The number of carbonyl (C=O) groups excluding carboxylic acids is 1. The van der Waals surface area contributed by atoms with Gasteiger partial charge in [0.05, 0.1) is 0 Å². The lowest BCUT2D eigenvalue weighted by Gasteiger charge is -1.93. The number of nitrogens with two attached hydrogens (primary N) is 1. The first-order valence-corrected chi connectivity index (χ1v) is 3.10. The Morgan fingerprint density at radius 3 is 2.27 bits per heavy atom. The van der Waals surface area contributed by atoms with E-state index in [-0.39, 0.29) is 31.0 Å². The van der Waals surface area contributed by atoms with Gasteiger partial charge in [-0.1, -0.05) is 0 Å². The van der Waals surface area contributed by atoms with Crippen LogP contribution in [0.3, 0.4) is 0 Å². The second kappa shape index (κ2) is 7.50. The van der Waals surface area contributed by atoms with Crippen molar-refractivity contribution in [1.82, 2.24) is 0 Å². The van der Waals surface area contributed by atoms with E-state index in [2.05, 4.69) is 0 Å². The van der Waals surface area contributed by atoms with Crippen LogP contribution in [0.1, 0.15) is 19.3 Å². The molecule has 0 amide bonds. The molecule has 3 N–H and O–H groups in total. The molecule has 0 spiro atoms. The van der Waals surface area contributed by atoms with E-state index in [0.29, 0.717) is 13.0 Å². The normalized spacial score (nSPS) is 8.45. The van der Waals surface area contributed by atoms with Gasteiger partial charge in [0.1, 0.15) is 12.2 Å². The van der Waals surface area contributed by atoms with Gasteiger partial charge >= 0.3 is 5.97 Å². The summed E-state index contributed by atoms with van der Waals surface area (Å²) < 4.78 is 0.